The third-order valence-corrected chi connectivity index (χ3v) is 8.20. The van der Waals surface area contributed by atoms with Gasteiger partial charge in [0.25, 0.3) is 0 Å². The molecule has 3 aliphatic heterocycles. The van der Waals surface area contributed by atoms with E-state index in [0.717, 1.165) is 44.7 Å². The van der Waals surface area contributed by atoms with Crippen molar-refractivity contribution in [1.29, 1.82) is 0 Å². The molecule has 5 nitrogen and oxygen atoms in total. The van der Waals surface area contributed by atoms with Crippen LogP contribution in [0.5, 0.6) is 0 Å². The molecular weight excluding hydrogens is 336 g/mol. The molecule has 4 rings (SSSR count). The van der Waals surface area contributed by atoms with Gasteiger partial charge < -0.3 is 4.74 Å². The van der Waals surface area contributed by atoms with E-state index in [0.29, 0.717) is 25.6 Å². The molecule has 6 heteroatoms. The number of rotatable bonds is 5. The highest BCUT2D eigenvalue weighted by molar-refractivity contribution is 7.89. The van der Waals surface area contributed by atoms with E-state index in [1.54, 1.807) is 4.31 Å². The summed E-state index contributed by atoms with van der Waals surface area (Å²) in [5, 5.41) is -0.362. The second-order valence-corrected chi connectivity index (χ2v) is 10.4. The Morgan fingerprint density at radius 2 is 1.76 bits per heavy atom. The second-order valence-electron chi connectivity index (χ2n) is 8.06. The number of hydrogen-bond donors (Lipinski definition) is 0. The van der Waals surface area contributed by atoms with Gasteiger partial charge in [0.05, 0.1) is 5.25 Å². The molecule has 3 fully saturated rings. The molecule has 3 heterocycles. The molecule has 1 spiro atoms. The Hall–Kier alpha value is -0.950. The summed E-state index contributed by atoms with van der Waals surface area (Å²) in [6, 6.07) is 10.5. The Labute approximate surface area is 151 Å². The number of hydrogen-bond acceptors (Lipinski definition) is 4. The van der Waals surface area contributed by atoms with E-state index < -0.39 is 10.0 Å². The lowest BCUT2D eigenvalue weighted by molar-refractivity contribution is -0.116. The number of likely N-dealkylation sites (tertiary alicyclic amines) is 1. The summed E-state index contributed by atoms with van der Waals surface area (Å²) in [4.78, 5) is 2.53. The lowest BCUT2D eigenvalue weighted by atomic mass is 9.73. The van der Waals surface area contributed by atoms with Crippen LogP contribution in [0.3, 0.4) is 0 Å². The van der Waals surface area contributed by atoms with Gasteiger partial charge >= 0.3 is 0 Å². The van der Waals surface area contributed by atoms with Crippen molar-refractivity contribution in [3.05, 3.63) is 35.9 Å². The van der Waals surface area contributed by atoms with Gasteiger partial charge in [0.1, 0.15) is 0 Å². The molecule has 0 unspecified atom stereocenters. The van der Waals surface area contributed by atoms with Gasteiger partial charge in [0, 0.05) is 50.8 Å². The van der Waals surface area contributed by atoms with E-state index in [-0.39, 0.29) is 10.7 Å². The smallest absolute Gasteiger partial charge is 0.217 e. The zero-order valence-electron chi connectivity index (χ0n) is 14.9. The Morgan fingerprint density at radius 1 is 1.12 bits per heavy atom. The number of ether oxygens (including phenoxy) is 1. The average Bonchev–Trinajstić information content (AvgIpc) is 2.54. The minimum Gasteiger partial charge on any atom is -0.381 e. The molecule has 138 valence electrons. The van der Waals surface area contributed by atoms with Crippen molar-refractivity contribution >= 4 is 10.0 Å². The van der Waals surface area contributed by atoms with E-state index in [1.165, 1.54) is 0 Å². The monoisotopic (exact) mass is 364 g/mol. The molecule has 0 bridgehead atoms. The van der Waals surface area contributed by atoms with Crippen molar-refractivity contribution < 1.29 is 13.2 Å². The van der Waals surface area contributed by atoms with Gasteiger partial charge in [-0.3, -0.25) is 4.90 Å². The van der Waals surface area contributed by atoms with Crippen LogP contribution in [0, 0.1) is 5.41 Å². The minimum absolute atomic E-state index is 0.220. The molecule has 3 aliphatic rings. The van der Waals surface area contributed by atoms with Crippen LogP contribution in [-0.4, -0.2) is 68.3 Å². The predicted octanol–water partition coefficient (Wildman–Crippen LogP) is 1.74. The lowest BCUT2D eigenvalue weighted by Crippen LogP contribution is -2.74. The van der Waals surface area contributed by atoms with Crippen molar-refractivity contribution in [2.24, 2.45) is 5.41 Å². The summed E-state index contributed by atoms with van der Waals surface area (Å²) in [5.41, 5.74) is 1.31. The summed E-state index contributed by atoms with van der Waals surface area (Å²) in [6.45, 7) is 7.08. The minimum atomic E-state index is -3.20. The van der Waals surface area contributed by atoms with Gasteiger partial charge in [-0.25, -0.2) is 12.7 Å². The highest BCUT2D eigenvalue weighted by Gasteiger charge is 2.56. The van der Waals surface area contributed by atoms with Crippen molar-refractivity contribution in [3.8, 4) is 0 Å². The standard InChI is InChI=1S/C19H28N2O3S/c1-16(11-17-5-3-2-4-6-17)25(22,23)21-14-19(15-21)12-20(13-19)18-7-9-24-10-8-18/h2-6,16,18H,7-15H2,1H3/t16-/m1/s1. The Kier molecular flexibility index (Phi) is 4.65. The lowest BCUT2D eigenvalue weighted by Gasteiger charge is -2.62. The van der Waals surface area contributed by atoms with Crippen molar-refractivity contribution in [3.63, 3.8) is 0 Å². The third kappa shape index (κ3) is 3.37. The summed E-state index contributed by atoms with van der Waals surface area (Å²) >= 11 is 0. The van der Waals surface area contributed by atoms with Crippen LogP contribution in [0.25, 0.3) is 0 Å². The van der Waals surface area contributed by atoms with E-state index in [2.05, 4.69) is 4.90 Å². The van der Waals surface area contributed by atoms with E-state index >= 15 is 0 Å². The molecule has 0 aromatic heterocycles. The van der Waals surface area contributed by atoms with Crippen LogP contribution in [0.2, 0.25) is 0 Å². The quantitative estimate of drug-likeness (QED) is 0.799. The fourth-order valence-corrected chi connectivity index (χ4v) is 6.33. The van der Waals surface area contributed by atoms with Crippen LogP contribution >= 0.6 is 0 Å². The van der Waals surface area contributed by atoms with Gasteiger partial charge in [-0.15, -0.1) is 0 Å². The van der Waals surface area contributed by atoms with E-state index in [9.17, 15) is 8.42 Å². The molecule has 0 saturated carbocycles. The van der Waals surface area contributed by atoms with Crippen LogP contribution in [0.15, 0.2) is 30.3 Å². The van der Waals surface area contributed by atoms with E-state index in [4.69, 9.17) is 4.74 Å². The summed E-state index contributed by atoms with van der Waals surface area (Å²) in [7, 11) is -3.20. The molecule has 1 aromatic rings. The average molecular weight is 365 g/mol. The van der Waals surface area contributed by atoms with Gasteiger partial charge in [-0.2, -0.15) is 0 Å². The van der Waals surface area contributed by atoms with Crippen molar-refractivity contribution in [1.82, 2.24) is 9.21 Å². The van der Waals surface area contributed by atoms with Gasteiger partial charge in [0.2, 0.25) is 10.0 Å². The van der Waals surface area contributed by atoms with Gasteiger partial charge in [0.15, 0.2) is 0 Å². The first kappa shape index (κ1) is 17.5. The summed E-state index contributed by atoms with van der Waals surface area (Å²) in [5.74, 6) is 0. The SMILES string of the molecule is C[C@H](Cc1ccccc1)S(=O)(=O)N1CC2(CN(C3CCOCC3)C2)C1. The van der Waals surface area contributed by atoms with Crippen molar-refractivity contribution in [2.75, 3.05) is 39.4 Å². The normalized spacial score (nSPS) is 26.1. The molecule has 0 radical (unpaired) electrons. The Balaban J connectivity index is 1.29. The molecule has 1 atom stereocenters. The number of benzene rings is 1. The molecular formula is C19H28N2O3S. The second kappa shape index (κ2) is 6.65. The summed E-state index contributed by atoms with van der Waals surface area (Å²) in [6.07, 6.45) is 2.82. The predicted molar refractivity (Wildman–Crippen MR) is 97.9 cm³/mol. The zero-order valence-corrected chi connectivity index (χ0v) is 15.7. The maximum absolute atomic E-state index is 12.8. The topological polar surface area (TPSA) is 49.9 Å². The van der Waals surface area contributed by atoms with Crippen LogP contribution in [0.4, 0.5) is 0 Å². The van der Waals surface area contributed by atoms with Crippen LogP contribution < -0.4 is 0 Å². The molecule has 0 aliphatic carbocycles. The highest BCUT2D eigenvalue weighted by atomic mass is 32.2. The first-order valence-electron chi connectivity index (χ1n) is 9.33. The Morgan fingerprint density at radius 3 is 2.40 bits per heavy atom. The third-order valence-electron chi connectivity index (χ3n) is 6.04. The number of sulfonamides is 1. The first-order valence-corrected chi connectivity index (χ1v) is 10.8. The van der Waals surface area contributed by atoms with Gasteiger partial charge in [-0.05, 0) is 31.7 Å². The molecule has 0 N–H and O–H groups in total. The maximum Gasteiger partial charge on any atom is 0.217 e. The molecule has 0 amide bonds. The number of nitrogens with zero attached hydrogens (tertiary/aromatic N) is 2. The fourth-order valence-electron chi connectivity index (χ4n) is 4.51. The molecule has 1 aromatic carbocycles. The maximum atomic E-state index is 12.8. The molecule has 25 heavy (non-hydrogen) atoms. The first-order chi connectivity index (χ1) is 12.0. The highest BCUT2D eigenvalue weighted by Crippen LogP contribution is 2.43. The van der Waals surface area contributed by atoms with Crippen LogP contribution in [-0.2, 0) is 21.2 Å². The Bertz CT molecular complexity index is 687. The van der Waals surface area contributed by atoms with Crippen LogP contribution in [0.1, 0.15) is 25.3 Å². The molecule has 3 saturated heterocycles. The fraction of sp³-hybridized carbons (Fsp3) is 0.684. The van der Waals surface area contributed by atoms with E-state index in [1.807, 2.05) is 37.3 Å². The van der Waals surface area contributed by atoms with Gasteiger partial charge in [-0.1, -0.05) is 30.3 Å². The van der Waals surface area contributed by atoms with Crippen molar-refractivity contribution in [2.45, 2.75) is 37.5 Å². The largest absolute Gasteiger partial charge is 0.381 e. The summed E-state index contributed by atoms with van der Waals surface area (Å²) < 4.78 is 32.8. The zero-order chi connectivity index (χ0) is 17.5.